The van der Waals surface area contributed by atoms with Crippen LogP contribution in [0.25, 0.3) is 0 Å². The van der Waals surface area contributed by atoms with Gasteiger partial charge in [-0.1, -0.05) is 0 Å². The fraction of sp³-hybridized carbons (Fsp3) is 0.600. The van der Waals surface area contributed by atoms with Gasteiger partial charge in [0, 0.05) is 17.2 Å². The van der Waals surface area contributed by atoms with Crippen LogP contribution in [0.4, 0.5) is 0 Å². The first-order valence-electron chi connectivity index (χ1n) is 9.22. The van der Waals surface area contributed by atoms with Crippen molar-refractivity contribution >= 4 is 11.9 Å². The molecule has 2 rings (SSSR count). The van der Waals surface area contributed by atoms with Gasteiger partial charge < -0.3 is 25.5 Å². The van der Waals surface area contributed by atoms with Gasteiger partial charge in [-0.15, -0.1) is 0 Å². The Morgan fingerprint density at radius 1 is 1.00 bits per heavy atom. The zero-order valence-corrected chi connectivity index (χ0v) is 15.8. The van der Waals surface area contributed by atoms with Gasteiger partial charge >= 0.3 is 11.9 Å². The number of carboxylic acids is 2. The number of hydrogen-bond donors (Lipinski definition) is 5. The second kappa shape index (κ2) is 7.66. The molecule has 27 heavy (non-hydrogen) atoms. The summed E-state index contributed by atoms with van der Waals surface area (Å²) >= 11 is 0. The summed E-state index contributed by atoms with van der Waals surface area (Å²) in [5.74, 6) is -2.58. The number of carbonyl (C=O) groups is 2. The number of phenols is 3. The van der Waals surface area contributed by atoms with E-state index in [0.717, 1.165) is 6.07 Å². The average molecular weight is 380 g/mol. The molecule has 0 aromatic heterocycles. The first-order chi connectivity index (χ1) is 12.5. The van der Waals surface area contributed by atoms with Crippen LogP contribution in [0.1, 0.15) is 63.5 Å². The molecule has 1 saturated carbocycles. The molecule has 1 aromatic rings. The monoisotopic (exact) mass is 380 g/mol. The predicted octanol–water partition coefficient (Wildman–Crippen LogP) is 3.42. The summed E-state index contributed by atoms with van der Waals surface area (Å²) in [6.07, 6.45) is 3.88. The molecule has 0 spiro atoms. The minimum absolute atomic E-state index is 0.141. The molecular weight excluding hydrogens is 352 g/mol. The maximum absolute atomic E-state index is 11.3. The van der Waals surface area contributed by atoms with Crippen LogP contribution in [0.2, 0.25) is 0 Å². The summed E-state index contributed by atoms with van der Waals surface area (Å²) < 4.78 is 0. The summed E-state index contributed by atoms with van der Waals surface area (Å²) in [6.45, 7) is 3.24. The minimum atomic E-state index is -0.908. The lowest BCUT2D eigenvalue weighted by atomic mass is 9.85. The summed E-state index contributed by atoms with van der Waals surface area (Å²) in [5, 5.41) is 48.7. The number of aromatic hydroxyl groups is 3. The highest BCUT2D eigenvalue weighted by molar-refractivity contribution is 5.77. The van der Waals surface area contributed by atoms with Crippen molar-refractivity contribution in [1.29, 1.82) is 0 Å². The Morgan fingerprint density at radius 3 is 2.11 bits per heavy atom. The summed E-state index contributed by atoms with van der Waals surface area (Å²) in [4.78, 5) is 22.5. The van der Waals surface area contributed by atoms with Crippen LogP contribution in [0, 0.1) is 10.8 Å². The topological polar surface area (TPSA) is 135 Å². The molecule has 0 saturated heterocycles. The molecule has 0 amide bonds. The molecule has 1 aromatic carbocycles. The fourth-order valence-corrected chi connectivity index (χ4v) is 3.42. The summed E-state index contributed by atoms with van der Waals surface area (Å²) in [5.41, 5.74) is -0.678. The van der Waals surface area contributed by atoms with Crippen molar-refractivity contribution in [3.05, 3.63) is 17.2 Å². The zero-order valence-electron chi connectivity index (χ0n) is 15.8. The fourth-order valence-electron chi connectivity index (χ4n) is 3.42. The maximum Gasteiger partial charge on any atom is 0.309 e. The number of rotatable bonds is 10. The molecule has 0 atom stereocenters. The molecule has 0 bridgehead atoms. The van der Waals surface area contributed by atoms with Gasteiger partial charge in [0.05, 0.1) is 10.8 Å². The molecule has 5 N–H and O–H groups in total. The van der Waals surface area contributed by atoms with Crippen molar-refractivity contribution in [3.8, 4) is 17.2 Å². The van der Waals surface area contributed by atoms with Crippen LogP contribution in [0.5, 0.6) is 17.2 Å². The molecule has 1 aliphatic carbocycles. The van der Waals surface area contributed by atoms with Crippen molar-refractivity contribution in [1.82, 2.24) is 0 Å². The van der Waals surface area contributed by atoms with Crippen LogP contribution in [-0.4, -0.2) is 37.5 Å². The second-order valence-corrected chi connectivity index (χ2v) is 8.20. The Labute approximate surface area is 158 Å². The second-order valence-electron chi connectivity index (χ2n) is 8.20. The number of carboxylic acid groups (broad SMARTS) is 2. The molecule has 0 aliphatic heterocycles. The van der Waals surface area contributed by atoms with Crippen molar-refractivity contribution in [2.45, 2.75) is 65.2 Å². The highest BCUT2D eigenvalue weighted by Gasteiger charge is 2.49. The zero-order chi connectivity index (χ0) is 20.4. The third kappa shape index (κ3) is 4.64. The number of aliphatic carboxylic acids is 2. The molecule has 0 heterocycles. The van der Waals surface area contributed by atoms with E-state index in [4.69, 9.17) is 0 Å². The standard InChI is InChI=1S/C20H28O7/c1-19(2,17(24)25)7-3-6-13-12(14(21)11-15(22)16(13)23)5-4-8-20(9-10-20)18(26)27/h11,21-23H,3-10H2,1-2H3,(H,24,25)(H,26,27). The minimum Gasteiger partial charge on any atom is -0.508 e. The van der Waals surface area contributed by atoms with E-state index in [-0.39, 0.29) is 11.5 Å². The van der Waals surface area contributed by atoms with E-state index in [1.54, 1.807) is 13.8 Å². The van der Waals surface area contributed by atoms with Gasteiger partial charge in [0.25, 0.3) is 0 Å². The number of benzene rings is 1. The highest BCUT2D eigenvalue weighted by Crippen LogP contribution is 2.50. The Kier molecular flexibility index (Phi) is 5.92. The van der Waals surface area contributed by atoms with Gasteiger partial charge in [0.2, 0.25) is 0 Å². The lowest BCUT2D eigenvalue weighted by molar-refractivity contribution is -0.147. The molecule has 150 valence electrons. The number of phenolic OH excluding ortho intramolecular Hbond substituents is 3. The van der Waals surface area contributed by atoms with Gasteiger partial charge in [0.15, 0.2) is 11.5 Å². The normalized spacial score (nSPS) is 15.5. The van der Waals surface area contributed by atoms with Crippen LogP contribution in [0.3, 0.4) is 0 Å². The Morgan fingerprint density at radius 2 is 1.59 bits per heavy atom. The largest absolute Gasteiger partial charge is 0.508 e. The average Bonchev–Trinajstić information content (AvgIpc) is 3.35. The van der Waals surface area contributed by atoms with Gasteiger partial charge in [-0.05, 0) is 65.2 Å². The molecule has 7 heteroatoms. The van der Waals surface area contributed by atoms with Crippen molar-refractivity contribution in [2.75, 3.05) is 0 Å². The van der Waals surface area contributed by atoms with E-state index in [0.29, 0.717) is 62.5 Å². The molecule has 0 radical (unpaired) electrons. The van der Waals surface area contributed by atoms with E-state index in [1.165, 1.54) is 0 Å². The first kappa shape index (κ1) is 20.9. The number of hydrogen-bond acceptors (Lipinski definition) is 5. The van der Waals surface area contributed by atoms with E-state index in [2.05, 4.69) is 0 Å². The van der Waals surface area contributed by atoms with Crippen molar-refractivity contribution in [3.63, 3.8) is 0 Å². The van der Waals surface area contributed by atoms with E-state index < -0.39 is 28.5 Å². The Hall–Kier alpha value is -2.44. The molecule has 7 nitrogen and oxygen atoms in total. The quantitative estimate of drug-likeness (QED) is 0.310. The molecule has 0 unspecified atom stereocenters. The van der Waals surface area contributed by atoms with E-state index in [1.807, 2.05) is 0 Å². The van der Waals surface area contributed by atoms with Crippen LogP contribution in [-0.2, 0) is 22.4 Å². The summed E-state index contributed by atoms with van der Waals surface area (Å²) in [6, 6.07) is 1.08. The third-order valence-electron chi connectivity index (χ3n) is 5.67. The van der Waals surface area contributed by atoms with Gasteiger partial charge in [-0.2, -0.15) is 0 Å². The predicted molar refractivity (Wildman–Crippen MR) is 98.0 cm³/mol. The molecular formula is C20H28O7. The van der Waals surface area contributed by atoms with Gasteiger partial charge in [-0.25, -0.2) is 0 Å². The van der Waals surface area contributed by atoms with Crippen molar-refractivity contribution < 1.29 is 35.1 Å². The molecule has 1 fully saturated rings. The van der Waals surface area contributed by atoms with Crippen LogP contribution >= 0.6 is 0 Å². The highest BCUT2D eigenvalue weighted by atomic mass is 16.4. The summed E-state index contributed by atoms with van der Waals surface area (Å²) in [7, 11) is 0. The SMILES string of the molecule is CC(C)(CCCc1c(O)c(O)cc(O)c1CCCC1(C(=O)O)CC1)C(=O)O. The van der Waals surface area contributed by atoms with Crippen molar-refractivity contribution in [2.24, 2.45) is 10.8 Å². The maximum atomic E-state index is 11.3. The smallest absolute Gasteiger partial charge is 0.309 e. The van der Waals surface area contributed by atoms with E-state index >= 15 is 0 Å². The van der Waals surface area contributed by atoms with Gasteiger partial charge in [-0.3, -0.25) is 9.59 Å². The Balaban J connectivity index is 2.10. The van der Waals surface area contributed by atoms with Crippen LogP contribution in [0.15, 0.2) is 6.07 Å². The molecule has 1 aliphatic rings. The Bertz CT molecular complexity index is 732. The van der Waals surface area contributed by atoms with E-state index in [9.17, 15) is 35.1 Å². The van der Waals surface area contributed by atoms with Crippen LogP contribution < -0.4 is 0 Å². The third-order valence-corrected chi connectivity index (χ3v) is 5.67. The van der Waals surface area contributed by atoms with Gasteiger partial charge in [0.1, 0.15) is 5.75 Å². The lowest BCUT2D eigenvalue weighted by Crippen LogP contribution is -2.23. The lowest BCUT2D eigenvalue weighted by Gasteiger charge is -2.20. The first-order valence-corrected chi connectivity index (χ1v) is 9.22.